The Labute approximate surface area is 151 Å². The Kier molecular flexibility index (Phi) is 5.23. The van der Waals surface area contributed by atoms with Crippen molar-refractivity contribution in [3.05, 3.63) is 59.2 Å². The molecule has 4 heteroatoms. The molecule has 0 amide bonds. The molecule has 25 heavy (non-hydrogen) atoms. The minimum absolute atomic E-state index is 0.278. The Morgan fingerprint density at radius 2 is 1.32 bits per heavy atom. The first-order valence-corrected chi connectivity index (χ1v) is 10.1. The van der Waals surface area contributed by atoms with Crippen molar-refractivity contribution in [2.24, 2.45) is 0 Å². The number of para-hydroxylation sites is 1. The lowest BCUT2D eigenvalue weighted by atomic mass is 9.79. The standard InChI is InChI=1S/C21H29O3P/c1-15-13-17(20(2,3)4)19(18(14-15)21(5,6)7)25(22,23)24-16-11-9-8-10-12-16/h8-14H,1-7H3,(H,22,23). The first kappa shape index (κ1) is 19.8. The van der Waals surface area contributed by atoms with Gasteiger partial charge in [0.15, 0.2) is 0 Å². The lowest BCUT2D eigenvalue weighted by Crippen LogP contribution is -2.32. The van der Waals surface area contributed by atoms with E-state index in [1.165, 1.54) is 0 Å². The van der Waals surface area contributed by atoms with Gasteiger partial charge in [-0.15, -0.1) is 0 Å². The molecule has 1 unspecified atom stereocenters. The van der Waals surface area contributed by atoms with Crippen molar-refractivity contribution < 1.29 is 14.0 Å². The van der Waals surface area contributed by atoms with Gasteiger partial charge >= 0.3 is 7.60 Å². The van der Waals surface area contributed by atoms with Gasteiger partial charge in [0.2, 0.25) is 0 Å². The summed E-state index contributed by atoms with van der Waals surface area (Å²) in [5.74, 6) is 0.397. The van der Waals surface area contributed by atoms with Crippen molar-refractivity contribution in [3.63, 3.8) is 0 Å². The zero-order valence-corrected chi connectivity index (χ0v) is 17.1. The van der Waals surface area contributed by atoms with Gasteiger partial charge in [0, 0.05) is 0 Å². The molecule has 136 valence electrons. The van der Waals surface area contributed by atoms with Crippen molar-refractivity contribution in [1.29, 1.82) is 0 Å². The van der Waals surface area contributed by atoms with Crippen molar-refractivity contribution >= 4 is 12.9 Å². The molecule has 0 fully saturated rings. The SMILES string of the molecule is Cc1cc(C(C)(C)C)c(P(=O)(O)Oc2ccccc2)c(C(C)(C)C)c1. The van der Waals surface area contributed by atoms with Crippen LogP contribution in [-0.4, -0.2) is 4.89 Å². The maximum absolute atomic E-state index is 13.4. The second kappa shape index (κ2) is 6.63. The van der Waals surface area contributed by atoms with Gasteiger partial charge < -0.3 is 9.42 Å². The van der Waals surface area contributed by atoms with Crippen LogP contribution >= 0.6 is 7.60 Å². The molecule has 0 aliphatic rings. The predicted octanol–water partition coefficient (Wildman–Crippen LogP) is 5.48. The van der Waals surface area contributed by atoms with Gasteiger partial charge in [-0.3, -0.25) is 0 Å². The summed E-state index contributed by atoms with van der Waals surface area (Å²) in [7, 11) is -4.05. The van der Waals surface area contributed by atoms with Crippen molar-refractivity contribution in [3.8, 4) is 5.75 Å². The second-order valence-electron chi connectivity index (χ2n) is 8.63. The zero-order valence-electron chi connectivity index (χ0n) is 16.3. The van der Waals surface area contributed by atoms with Crippen LogP contribution in [0.15, 0.2) is 42.5 Å². The van der Waals surface area contributed by atoms with Crippen molar-refractivity contribution in [1.82, 2.24) is 0 Å². The average molecular weight is 360 g/mol. The van der Waals surface area contributed by atoms with Gasteiger partial charge in [-0.2, -0.15) is 0 Å². The van der Waals surface area contributed by atoms with Crippen LogP contribution in [0.3, 0.4) is 0 Å². The summed E-state index contributed by atoms with van der Waals surface area (Å²) in [4.78, 5) is 11.0. The number of hydrogen-bond acceptors (Lipinski definition) is 2. The summed E-state index contributed by atoms with van der Waals surface area (Å²) in [6, 6.07) is 12.8. The highest BCUT2D eigenvalue weighted by Crippen LogP contribution is 2.47. The Balaban J connectivity index is 2.75. The maximum atomic E-state index is 13.4. The van der Waals surface area contributed by atoms with Gasteiger partial charge in [-0.25, -0.2) is 4.57 Å². The van der Waals surface area contributed by atoms with E-state index in [-0.39, 0.29) is 10.8 Å². The Bertz CT molecular complexity index is 761. The molecule has 2 aromatic carbocycles. The van der Waals surface area contributed by atoms with E-state index in [2.05, 4.69) is 41.5 Å². The van der Waals surface area contributed by atoms with Crippen LogP contribution in [-0.2, 0) is 15.4 Å². The van der Waals surface area contributed by atoms with E-state index >= 15 is 0 Å². The molecule has 0 spiro atoms. The summed E-state index contributed by atoms with van der Waals surface area (Å²) in [6.07, 6.45) is 0. The van der Waals surface area contributed by atoms with Gasteiger partial charge in [0.1, 0.15) is 5.75 Å². The fourth-order valence-corrected chi connectivity index (χ4v) is 4.80. The van der Waals surface area contributed by atoms with Crippen molar-refractivity contribution in [2.75, 3.05) is 0 Å². The van der Waals surface area contributed by atoms with Gasteiger partial charge in [0.05, 0.1) is 5.30 Å². The summed E-state index contributed by atoms with van der Waals surface area (Å²) < 4.78 is 19.0. The molecule has 0 aliphatic heterocycles. The molecule has 1 N–H and O–H groups in total. The van der Waals surface area contributed by atoms with E-state index in [0.717, 1.165) is 16.7 Å². The topological polar surface area (TPSA) is 46.5 Å². The first-order chi connectivity index (χ1) is 11.3. The largest absolute Gasteiger partial charge is 0.421 e. The number of benzene rings is 2. The van der Waals surface area contributed by atoms with E-state index in [1.807, 2.05) is 25.1 Å². The van der Waals surface area contributed by atoms with Crippen molar-refractivity contribution in [2.45, 2.75) is 59.3 Å². The van der Waals surface area contributed by atoms with Gasteiger partial charge in [0.25, 0.3) is 0 Å². The summed E-state index contributed by atoms with van der Waals surface area (Å²) >= 11 is 0. The fourth-order valence-electron chi connectivity index (χ4n) is 2.90. The molecule has 2 aromatic rings. The Hall–Kier alpha value is -1.57. The minimum Gasteiger partial charge on any atom is -0.421 e. The third kappa shape index (κ3) is 4.54. The molecule has 0 bridgehead atoms. The molecule has 0 radical (unpaired) electrons. The normalized spacial score (nSPS) is 14.9. The minimum atomic E-state index is -4.05. The lowest BCUT2D eigenvalue weighted by Gasteiger charge is -2.32. The highest BCUT2D eigenvalue weighted by molar-refractivity contribution is 7.61. The van der Waals surface area contributed by atoms with E-state index in [9.17, 15) is 9.46 Å². The Morgan fingerprint density at radius 3 is 1.72 bits per heavy atom. The fraction of sp³-hybridized carbons (Fsp3) is 0.429. The average Bonchev–Trinajstić information content (AvgIpc) is 2.44. The third-order valence-electron chi connectivity index (χ3n) is 4.13. The highest BCUT2D eigenvalue weighted by atomic mass is 31.2. The molecular weight excluding hydrogens is 331 g/mol. The van der Waals surface area contributed by atoms with Gasteiger partial charge in [-0.1, -0.05) is 77.4 Å². The molecule has 1 atom stereocenters. The van der Waals surface area contributed by atoms with Crippen LogP contribution < -0.4 is 9.83 Å². The quantitative estimate of drug-likeness (QED) is 0.737. The van der Waals surface area contributed by atoms with E-state index < -0.39 is 7.60 Å². The van der Waals surface area contributed by atoms with Crippen LogP contribution in [0.4, 0.5) is 0 Å². The molecule has 0 saturated carbocycles. The molecule has 0 aliphatic carbocycles. The summed E-state index contributed by atoms with van der Waals surface area (Å²) in [5.41, 5.74) is 2.25. The highest BCUT2D eigenvalue weighted by Gasteiger charge is 2.37. The van der Waals surface area contributed by atoms with E-state index in [4.69, 9.17) is 4.52 Å². The second-order valence-corrected chi connectivity index (χ2v) is 10.3. The lowest BCUT2D eigenvalue weighted by molar-refractivity contribution is 0.391. The smallest absolute Gasteiger partial charge is 0.408 e. The van der Waals surface area contributed by atoms with Crippen LogP contribution in [0.2, 0.25) is 0 Å². The van der Waals surface area contributed by atoms with Crippen LogP contribution in [0.5, 0.6) is 5.75 Å². The molecule has 3 nitrogen and oxygen atoms in total. The Morgan fingerprint density at radius 1 is 0.880 bits per heavy atom. The van der Waals surface area contributed by atoms with E-state index in [0.29, 0.717) is 11.1 Å². The van der Waals surface area contributed by atoms with Crippen LogP contribution in [0.1, 0.15) is 58.2 Å². The maximum Gasteiger partial charge on any atom is 0.408 e. The van der Waals surface area contributed by atoms with Crippen LogP contribution in [0, 0.1) is 6.92 Å². The number of rotatable bonds is 3. The molecular formula is C21H29O3P. The molecule has 0 aromatic heterocycles. The number of hydrogen-bond donors (Lipinski definition) is 1. The summed E-state index contributed by atoms with van der Waals surface area (Å²) in [5, 5.41) is 0.432. The first-order valence-electron chi connectivity index (χ1n) is 8.56. The monoisotopic (exact) mass is 360 g/mol. The molecule has 2 rings (SSSR count). The predicted molar refractivity (Wildman–Crippen MR) is 105 cm³/mol. The molecule has 0 saturated heterocycles. The summed E-state index contributed by atoms with van der Waals surface area (Å²) in [6.45, 7) is 14.4. The number of aryl methyl sites for hydroxylation is 1. The third-order valence-corrected chi connectivity index (χ3v) is 5.63. The van der Waals surface area contributed by atoms with E-state index in [1.54, 1.807) is 24.3 Å². The van der Waals surface area contributed by atoms with Gasteiger partial charge in [-0.05, 0) is 41.0 Å². The van der Waals surface area contributed by atoms with Crippen LogP contribution in [0.25, 0.3) is 0 Å². The zero-order chi connectivity index (χ0) is 19.0. The molecule has 0 heterocycles.